The Morgan fingerprint density at radius 2 is 1.95 bits per heavy atom. The van der Waals surface area contributed by atoms with Crippen molar-refractivity contribution in [2.75, 3.05) is 0 Å². The number of ether oxygens (including phenoxy) is 1. The van der Waals surface area contributed by atoms with E-state index in [0.717, 1.165) is 16.7 Å². The first-order valence-corrected chi connectivity index (χ1v) is 6.39. The molecular formula is C16H14N2O2. The van der Waals surface area contributed by atoms with Crippen molar-refractivity contribution in [3.05, 3.63) is 60.6 Å². The number of aliphatic hydroxyl groups is 1. The van der Waals surface area contributed by atoms with Crippen LogP contribution in [0.1, 0.15) is 18.7 Å². The molecule has 4 heteroatoms. The van der Waals surface area contributed by atoms with E-state index in [1.807, 2.05) is 30.3 Å². The quantitative estimate of drug-likeness (QED) is 0.788. The van der Waals surface area contributed by atoms with Gasteiger partial charge in [-0.05, 0) is 43.3 Å². The van der Waals surface area contributed by atoms with Gasteiger partial charge in [0.25, 0.3) is 0 Å². The van der Waals surface area contributed by atoms with Gasteiger partial charge in [0.05, 0.1) is 23.5 Å². The molecule has 0 amide bonds. The lowest BCUT2D eigenvalue weighted by Crippen LogP contribution is -1.95. The maximum atomic E-state index is 9.43. The van der Waals surface area contributed by atoms with Gasteiger partial charge < -0.3 is 9.84 Å². The van der Waals surface area contributed by atoms with E-state index in [1.54, 1.807) is 31.5 Å². The van der Waals surface area contributed by atoms with Crippen LogP contribution in [0.5, 0.6) is 11.5 Å². The van der Waals surface area contributed by atoms with E-state index in [1.165, 1.54) is 0 Å². The van der Waals surface area contributed by atoms with Gasteiger partial charge in [0.2, 0.25) is 0 Å². The average molecular weight is 266 g/mol. The lowest BCUT2D eigenvalue weighted by Gasteiger charge is -2.09. The second-order valence-corrected chi connectivity index (χ2v) is 4.52. The summed E-state index contributed by atoms with van der Waals surface area (Å²) in [5.74, 6) is 1.37. The maximum Gasteiger partial charge on any atom is 0.145 e. The molecule has 1 atom stereocenters. The highest BCUT2D eigenvalue weighted by molar-refractivity contribution is 5.85. The minimum atomic E-state index is -0.578. The number of fused-ring (bicyclic) bond motifs is 1. The zero-order chi connectivity index (χ0) is 13.9. The van der Waals surface area contributed by atoms with Crippen LogP contribution < -0.4 is 4.74 Å². The number of pyridine rings is 2. The lowest BCUT2D eigenvalue weighted by molar-refractivity contribution is 0.194. The van der Waals surface area contributed by atoms with Gasteiger partial charge in [-0.1, -0.05) is 6.07 Å². The molecule has 3 rings (SSSR count). The predicted octanol–water partition coefficient (Wildman–Crippen LogP) is 3.48. The fourth-order valence-electron chi connectivity index (χ4n) is 1.99. The number of nitrogens with zero attached hydrogens (tertiary/aromatic N) is 2. The van der Waals surface area contributed by atoms with Crippen LogP contribution in [0.15, 0.2) is 54.9 Å². The molecule has 1 N–H and O–H groups in total. The zero-order valence-electron chi connectivity index (χ0n) is 11.0. The first-order valence-electron chi connectivity index (χ1n) is 6.39. The third-order valence-corrected chi connectivity index (χ3v) is 3.02. The third-order valence-electron chi connectivity index (χ3n) is 3.02. The minimum absolute atomic E-state index is 0.578. The number of hydrogen-bond donors (Lipinski definition) is 1. The Bertz CT molecular complexity index is 719. The van der Waals surface area contributed by atoms with Crippen molar-refractivity contribution in [2.24, 2.45) is 0 Å². The minimum Gasteiger partial charge on any atom is -0.455 e. The molecule has 3 aromatic rings. The Hall–Kier alpha value is -2.46. The Balaban J connectivity index is 1.93. The molecule has 0 bridgehead atoms. The van der Waals surface area contributed by atoms with Gasteiger partial charge in [-0.2, -0.15) is 0 Å². The van der Waals surface area contributed by atoms with Gasteiger partial charge in [0, 0.05) is 11.6 Å². The van der Waals surface area contributed by atoms with E-state index >= 15 is 0 Å². The largest absolute Gasteiger partial charge is 0.455 e. The topological polar surface area (TPSA) is 55.2 Å². The predicted molar refractivity (Wildman–Crippen MR) is 76.7 cm³/mol. The maximum absolute atomic E-state index is 9.43. The summed E-state index contributed by atoms with van der Waals surface area (Å²) in [6.07, 6.45) is 2.79. The van der Waals surface area contributed by atoms with E-state index in [0.29, 0.717) is 11.4 Å². The molecule has 0 saturated heterocycles. The van der Waals surface area contributed by atoms with Crippen LogP contribution >= 0.6 is 0 Å². The molecule has 0 aliphatic carbocycles. The number of aromatic nitrogens is 2. The van der Waals surface area contributed by atoms with E-state index in [9.17, 15) is 5.11 Å². The molecule has 0 saturated carbocycles. The zero-order valence-corrected chi connectivity index (χ0v) is 11.0. The van der Waals surface area contributed by atoms with Gasteiger partial charge >= 0.3 is 0 Å². The van der Waals surface area contributed by atoms with Gasteiger partial charge in [0.15, 0.2) is 0 Å². The van der Waals surface area contributed by atoms with Crippen LogP contribution in [0.4, 0.5) is 0 Å². The molecule has 1 unspecified atom stereocenters. The van der Waals surface area contributed by atoms with Crippen LogP contribution in [0.25, 0.3) is 10.9 Å². The Labute approximate surface area is 116 Å². The summed E-state index contributed by atoms with van der Waals surface area (Å²) in [5, 5.41) is 10.4. The molecule has 0 spiro atoms. The molecule has 4 nitrogen and oxygen atoms in total. The van der Waals surface area contributed by atoms with Gasteiger partial charge in [-0.25, -0.2) is 0 Å². The van der Waals surface area contributed by atoms with Crippen molar-refractivity contribution in [1.82, 2.24) is 9.97 Å². The molecular weight excluding hydrogens is 252 g/mol. The molecule has 0 aliphatic rings. The van der Waals surface area contributed by atoms with Crippen molar-refractivity contribution >= 4 is 10.9 Å². The first-order chi connectivity index (χ1) is 9.74. The number of rotatable bonds is 3. The van der Waals surface area contributed by atoms with Crippen molar-refractivity contribution in [3.8, 4) is 11.5 Å². The SMILES string of the molecule is CC(O)c1ccc(Oc2cccc3ncccc23)cn1. The summed E-state index contributed by atoms with van der Waals surface area (Å²) in [7, 11) is 0. The van der Waals surface area contributed by atoms with Crippen molar-refractivity contribution in [2.45, 2.75) is 13.0 Å². The first kappa shape index (κ1) is 12.6. The van der Waals surface area contributed by atoms with Crippen molar-refractivity contribution in [1.29, 1.82) is 0 Å². The highest BCUT2D eigenvalue weighted by atomic mass is 16.5. The average Bonchev–Trinajstić information content (AvgIpc) is 2.48. The summed E-state index contributed by atoms with van der Waals surface area (Å²) in [4.78, 5) is 8.46. The fourth-order valence-corrected chi connectivity index (χ4v) is 1.99. The number of aliphatic hydroxyl groups excluding tert-OH is 1. The van der Waals surface area contributed by atoms with Crippen LogP contribution in [-0.4, -0.2) is 15.1 Å². The van der Waals surface area contributed by atoms with Crippen LogP contribution in [0, 0.1) is 0 Å². The van der Waals surface area contributed by atoms with Crippen molar-refractivity contribution < 1.29 is 9.84 Å². The van der Waals surface area contributed by atoms with Gasteiger partial charge in [0.1, 0.15) is 11.5 Å². The second kappa shape index (κ2) is 5.27. The van der Waals surface area contributed by atoms with Crippen LogP contribution in [0.2, 0.25) is 0 Å². The monoisotopic (exact) mass is 266 g/mol. The molecule has 100 valence electrons. The van der Waals surface area contributed by atoms with E-state index in [4.69, 9.17) is 4.74 Å². The van der Waals surface area contributed by atoms with E-state index < -0.39 is 6.10 Å². The highest BCUT2D eigenvalue weighted by Crippen LogP contribution is 2.28. The number of benzene rings is 1. The van der Waals surface area contributed by atoms with Crippen LogP contribution in [-0.2, 0) is 0 Å². The summed E-state index contributed by atoms with van der Waals surface area (Å²) < 4.78 is 5.84. The summed E-state index contributed by atoms with van der Waals surface area (Å²) in [6.45, 7) is 1.68. The van der Waals surface area contributed by atoms with Crippen LogP contribution in [0.3, 0.4) is 0 Å². The summed E-state index contributed by atoms with van der Waals surface area (Å²) in [5.41, 5.74) is 1.51. The van der Waals surface area contributed by atoms with Crippen molar-refractivity contribution in [3.63, 3.8) is 0 Å². The molecule has 0 fully saturated rings. The summed E-state index contributed by atoms with van der Waals surface area (Å²) >= 11 is 0. The standard InChI is InChI=1S/C16H14N2O2/c1-11(19)14-8-7-12(10-18-14)20-16-6-2-5-15-13(16)4-3-9-17-15/h2-11,19H,1H3. The molecule has 20 heavy (non-hydrogen) atoms. The molecule has 2 heterocycles. The van der Waals surface area contributed by atoms with Gasteiger partial charge in [-0.15, -0.1) is 0 Å². The van der Waals surface area contributed by atoms with E-state index in [-0.39, 0.29) is 0 Å². The Kier molecular flexibility index (Phi) is 3.31. The normalized spacial score (nSPS) is 12.3. The van der Waals surface area contributed by atoms with E-state index in [2.05, 4.69) is 9.97 Å². The second-order valence-electron chi connectivity index (χ2n) is 4.52. The summed E-state index contributed by atoms with van der Waals surface area (Å²) in [6, 6.07) is 13.1. The fraction of sp³-hybridized carbons (Fsp3) is 0.125. The third kappa shape index (κ3) is 2.46. The Morgan fingerprint density at radius 1 is 1.05 bits per heavy atom. The molecule has 2 aromatic heterocycles. The van der Waals surface area contributed by atoms with Gasteiger partial charge in [-0.3, -0.25) is 9.97 Å². The highest BCUT2D eigenvalue weighted by Gasteiger charge is 2.06. The molecule has 0 aliphatic heterocycles. The smallest absolute Gasteiger partial charge is 0.145 e. The lowest BCUT2D eigenvalue weighted by atomic mass is 10.2. The molecule has 0 radical (unpaired) electrons. The Morgan fingerprint density at radius 3 is 2.70 bits per heavy atom. The number of hydrogen-bond acceptors (Lipinski definition) is 4. The molecule has 1 aromatic carbocycles.